The molecule has 1 heterocycles. The van der Waals surface area contributed by atoms with Gasteiger partial charge in [0.05, 0.1) is 13.2 Å². The highest BCUT2D eigenvalue weighted by Gasteiger charge is 2.05. The fourth-order valence-electron chi connectivity index (χ4n) is 0.784. The molecule has 1 fully saturated rings. The third-order valence-corrected chi connectivity index (χ3v) is 1.88. The Morgan fingerprint density at radius 3 is 2.38 bits per heavy atom. The molecule has 0 atom stereocenters. The predicted molar refractivity (Wildman–Crippen MR) is 33.0 cm³/mol. The largest absolute Gasteiger partial charge is 0.379 e. The van der Waals surface area contributed by atoms with Gasteiger partial charge in [0.1, 0.15) is 16.3 Å². The maximum Gasteiger partial charge on any atom is 0.143 e. The van der Waals surface area contributed by atoms with Crippen LogP contribution in [0, 0.1) is 0 Å². The summed E-state index contributed by atoms with van der Waals surface area (Å²) in [5.74, 6) is 0. The number of hydrogen-bond acceptors (Lipinski definition) is 2. The summed E-state index contributed by atoms with van der Waals surface area (Å²) in [6.07, 6.45) is 0. The average molecular weight is 127 g/mol. The molecule has 0 aromatic carbocycles. The van der Waals surface area contributed by atoms with Crippen molar-refractivity contribution in [1.82, 2.24) is 4.90 Å². The number of nitrogens with zero attached hydrogens (tertiary/aromatic N) is 1. The van der Waals surface area contributed by atoms with Crippen LogP contribution >= 0.6 is 0 Å². The van der Waals surface area contributed by atoms with Crippen LogP contribution in [0.25, 0.3) is 0 Å². The monoisotopic (exact) mass is 127 g/mol. The first-order valence-corrected chi connectivity index (χ1v) is 3.75. The van der Waals surface area contributed by atoms with Crippen molar-refractivity contribution < 1.29 is 4.74 Å². The van der Waals surface area contributed by atoms with E-state index < -0.39 is 0 Å². The minimum Gasteiger partial charge on any atom is -0.379 e. The van der Waals surface area contributed by atoms with E-state index in [4.69, 9.17) is 4.74 Å². The van der Waals surface area contributed by atoms with Crippen LogP contribution in [0.15, 0.2) is 0 Å². The van der Waals surface area contributed by atoms with Crippen molar-refractivity contribution in [3.63, 3.8) is 0 Å². The van der Waals surface area contributed by atoms with Crippen LogP contribution in [-0.2, 0) is 4.74 Å². The van der Waals surface area contributed by atoms with Gasteiger partial charge in [0.2, 0.25) is 0 Å². The van der Waals surface area contributed by atoms with E-state index in [0.717, 1.165) is 31.7 Å². The fraction of sp³-hybridized carbons (Fsp3) is 1.00. The van der Waals surface area contributed by atoms with E-state index in [1.807, 2.05) is 0 Å². The van der Waals surface area contributed by atoms with E-state index in [9.17, 15) is 0 Å². The zero-order chi connectivity index (χ0) is 5.82. The second kappa shape index (κ2) is 3.47. The average Bonchev–Trinajstić information content (AvgIpc) is 1.90. The summed E-state index contributed by atoms with van der Waals surface area (Å²) in [5, 5.41) is 1.09. The molecular weight excluding hydrogens is 117 g/mol. The van der Waals surface area contributed by atoms with E-state index in [1.54, 1.807) is 0 Å². The van der Waals surface area contributed by atoms with Crippen molar-refractivity contribution in [2.75, 3.05) is 31.7 Å². The molecule has 1 saturated heterocycles. The summed E-state index contributed by atoms with van der Waals surface area (Å²) in [4.78, 5) is 2.36. The predicted octanol–water partition coefficient (Wildman–Crippen LogP) is -0.555. The maximum atomic E-state index is 5.15. The summed E-state index contributed by atoms with van der Waals surface area (Å²) >= 11 is 2.72. The zero-order valence-corrected chi connectivity index (χ0v) is 6.12. The van der Waals surface area contributed by atoms with Crippen molar-refractivity contribution in [2.45, 2.75) is 0 Å². The van der Waals surface area contributed by atoms with Gasteiger partial charge in [0.15, 0.2) is 0 Å². The van der Waals surface area contributed by atoms with Crippen LogP contribution in [0.1, 0.15) is 0 Å². The summed E-state index contributed by atoms with van der Waals surface area (Å²) in [7, 11) is 0. The van der Waals surface area contributed by atoms with Gasteiger partial charge in [-0.1, -0.05) is 5.41 Å². The first-order valence-electron chi connectivity index (χ1n) is 2.93. The molecule has 2 nitrogen and oxygen atoms in total. The highest BCUT2D eigenvalue weighted by Crippen LogP contribution is 1.92. The van der Waals surface area contributed by atoms with E-state index in [0.29, 0.717) is 0 Å². The Hall–Kier alpha value is 0.452. The minimum absolute atomic E-state index is 0.911. The quantitative estimate of drug-likeness (QED) is 0.438. The molecule has 0 unspecified atom stereocenters. The Balaban J connectivity index is 2.13. The normalized spacial score (nSPS) is 23.5. The van der Waals surface area contributed by atoms with Crippen LogP contribution in [0.5, 0.6) is 0 Å². The van der Waals surface area contributed by atoms with Crippen molar-refractivity contribution in [1.29, 1.82) is 0 Å². The highest BCUT2D eigenvalue weighted by atomic mass is 27.0. The van der Waals surface area contributed by atoms with Gasteiger partial charge in [-0.05, 0) is 0 Å². The first kappa shape index (κ1) is 6.57. The van der Waals surface area contributed by atoms with Crippen LogP contribution < -0.4 is 0 Å². The van der Waals surface area contributed by atoms with Gasteiger partial charge < -0.3 is 9.64 Å². The Labute approximate surface area is 58.2 Å². The third kappa shape index (κ3) is 1.76. The third-order valence-electron chi connectivity index (χ3n) is 1.36. The second-order valence-electron chi connectivity index (χ2n) is 1.91. The molecule has 2 radical (unpaired) electrons. The van der Waals surface area contributed by atoms with E-state index in [-0.39, 0.29) is 0 Å². The van der Waals surface area contributed by atoms with Crippen molar-refractivity contribution in [2.24, 2.45) is 0 Å². The topological polar surface area (TPSA) is 12.5 Å². The van der Waals surface area contributed by atoms with Gasteiger partial charge >= 0.3 is 0 Å². The van der Waals surface area contributed by atoms with E-state index >= 15 is 0 Å². The molecule has 1 aliphatic rings. The lowest BCUT2D eigenvalue weighted by molar-refractivity contribution is 0.0466. The van der Waals surface area contributed by atoms with Crippen molar-refractivity contribution >= 4 is 16.3 Å². The molecule has 0 aromatic rings. The van der Waals surface area contributed by atoms with E-state index in [2.05, 4.69) is 21.2 Å². The molecule has 0 bridgehead atoms. The van der Waals surface area contributed by atoms with Gasteiger partial charge in [0, 0.05) is 13.1 Å². The molecular formula is C5H10AlNO. The maximum absolute atomic E-state index is 5.15. The molecule has 0 N–H and O–H groups in total. The zero-order valence-electron chi connectivity index (χ0n) is 4.97. The number of ether oxygens (including phenoxy) is 1. The summed E-state index contributed by atoms with van der Waals surface area (Å²) in [5.41, 5.74) is 0. The lowest BCUT2D eigenvalue weighted by Gasteiger charge is -2.25. The molecule has 0 saturated carbocycles. The summed E-state index contributed by atoms with van der Waals surface area (Å²) in [6, 6.07) is 0. The van der Waals surface area contributed by atoms with Gasteiger partial charge in [-0.25, -0.2) is 0 Å². The minimum atomic E-state index is 0.911. The molecule has 0 aromatic heterocycles. The van der Waals surface area contributed by atoms with Crippen molar-refractivity contribution in [3.8, 4) is 0 Å². The van der Waals surface area contributed by atoms with Gasteiger partial charge in [0.25, 0.3) is 0 Å². The Morgan fingerprint density at radius 2 is 2.00 bits per heavy atom. The molecule has 0 amide bonds. The van der Waals surface area contributed by atoms with Crippen LogP contribution in [0.3, 0.4) is 0 Å². The van der Waals surface area contributed by atoms with Crippen LogP contribution in [0.2, 0.25) is 0 Å². The van der Waals surface area contributed by atoms with Gasteiger partial charge in [-0.3, -0.25) is 0 Å². The molecule has 44 valence electrons. The molecule has 8 heavy (non-hydrogen) atoms. The summed E-state index contributed by atoms with van der Waals surface area (Å²) < 4.78 is 5.15. The summed E-state index contributed by atoms with van der Waals surface area (Å²) in [6.45, 7) is 4.02. The Kier molecular flexibility index (Phi) is 2.85. The molecule has 0 aliphatic carbocycles. The lowest BCUT2D eigenvalue weighted by atomic mass is 10.5. The Bertz CT molecular complexity index is 63.4. The SMILES string of the molecule is [Al][CH2]N1CCOCC1. The lowest BCUT2D eigenvalue weighted by Crippen LogP contribution is -2.36. The molecule has 0 spiro atoms. The highest BCUT2D eigenvalue weighted by molar-refractivity contribution is 6.08. The van der Waals surface area contributed by atoms with Crippen LogP contribution in [0.4, 0.5) is 0 Å². The van der Waals surface area contributed by atoms with E-state index in [1.165, 1.54) is 0 Å². The fourth-order valence-corrected chi connectivity index (χ4v) is 1.15. The number of rotatable bonds is 1. The van der Waals surface area contributed by atoms with Crippen molar-refractivity contribution in [3.05, 3.63) is 0 Å². The molecule has 3 heteroatoms. The van der Waals surface area contributed by atoms with Gasteiger partial charge in [-0.15, -0.1) is 0 Å². The second-order valence-corrected chi connectivity index (χ2v) is 2.28. The standard InChI is InChI=1S/C5H10NO.Al/c1-6-2-4-7-5-3-6;/h1-5H2;. The smallest absolute Gasteiger partial charge is 0.143 e. The molecule has 1 aliphatic heterocycles. The van der Waals surface area contributed by atoms with Crippen LogP contribution in [-0.4, -0.2) is 52.9 Å². The number of morpholine rings is 1. The number of hydrogen-bond donors (Lipinski definition) is 0. The first-order chi connectivity index (χ1) is 3.93. The molecule has 1 rings (SSSR count). The Morgan fingerprint density at radius 1 is 1.38 bits per heavy atom. The van der Waals surface area contributed by atoms with Gasteiger partial charge in [-0.2, -0.15) is 0 Å².